The molecular weight excluding hydrogens is 354 g/mol. The van der Waals surface area contributed by atoms with Gasteiger partial charge in [0.25, 0.3) is 5.84 Å². The number of rotatable bonds is 7. The quantitative estimate of drug-likeness (QED) is 0.677. The molecule has 26 heavy (non-hydrogen) atoms. The third kappa shape index (κ3) is 4.38. The zero-order valence-corrected chi connectivity index (χ0v) is 16.6. The fraction of sp³-hybridized carbons (Fsp3) is 0.647. The summed E-state index contributed by atoms with van der Waals surface area (Å²) < 4.78 is 1.39. The van der Waals surface area contributed by atoms with E-state index in [1.165, 1.54) is 23.4 Å². The van der Waals surface area contributed by atoms with Crippen molar-refractivity contribution in [3.63, 3.8) is 0 Å². The molecule has 0 aromatic rings. The number of hydrogen-bond donors (Lipinski definition) is 1. The van der Waals surface area contributed by atoms with Crippen molar-refractivity contribution >= 4 is 46.3 Å². The molecule has 4 amide bonds. The first-order chi connectivity index (χ1) is 12.4. The number of nitrogens with zero attached hydrogens (tertiary/aromatic N) is 4. The number of fused-ring (bicyclic) bond motifs is 1. The maximum atomic E-state index is 12.7. The highest BCUT2D eigenvalue weighted by molar-refractivity contribution is 8.14. The van der Waals surface area contributed by atoms with Gasteiger partial charge in [-0.1, -0.05) is 37.0 Å². The van der Waals surface area contributed by atoms with E-state index >= 15 is 0 Å². The standard InChI is InChI=1S/C17H25N5O3S/c1-5-7-8-11-19-14-13(16(24)22(4)17(25)21(14)3)15(20-11)26-10-12(23)18-9-6-2/h13H,5-10H2,1-4H3/p+1. The molecule has 2 aliphatic rings. The molecule has 0 spiro atoms. The minimum absolute atomic E-state index is 0.0974. The van der Waals surface area contributed by atoms with Crippen LogP contribution in [0.15, 0.2) is 9.98 Å². The molecule has 2 heterocycles. The Labute approximate surface area is 157 Å². The Kier molecular flexibility index (Phi) is 7.07. The minimum atomic E-state index is -0.725. The summed E-state index contributed by atoms with van der Waals surface area (Å²) in [5.74, 6) is -0.00105. The summed E-state index contributed by atoms with van der Waals surface area (Å²) >= 11 is 1.24. The number of carbonyl (C=O) groups excluding carboxylic acids is 3. The van der Waals surface area contributed by atoms with E-state index in [9.17, 15) is 14.4 Å². The molecule has 1 atom stereocenters. The SMILES string of the molecule is CCCCC1=NC2=[N+](C)C(=O)N(C)C(=O)C2C(SCC(=O)NCCC)=N1. The topological polar surface area (TPSA) is 94.2 Å². The predicted octanol–water partition coefficient (Wildman–Crippen LogP) is 1.50. The molecule has 9 heteroatoms. The Balaban J connectivity index is 2.29. The second-order valence-electron chi connectivity index (χ2n) is 6.25. The fourth-order valence-corrected chi connectivity index (χ4v) is 3.56. The van der Waals surface area contributed by atoms with Gasteiger partial charge in [-0.3, -0.25) is 9.59 Å². The second-order valence-corrected chi connectivity index (χ2v) is 7.25. The van der Waals surface area contributed by atoms with Gasteiger partial charge in [0, 0.05) is 13.0 Å². The lowest BCUT2D eigenvalue weighted by molar-refractivity contribution is -0.407. The van der Waals surface area contributed by atoms with Crippen LogP contribution in [0, 0.1) is 5.92 Å². The van der Waals surface area contributed by atoms with Crippen LogP contribution in [0.5, 0.6) is 0 Å². The van der Waals surface area contributed by atoms with Crippen LogP contribution in [0.4, 0.5) is 4.79 Å². The van der Waals surface area contributed by atoms with Crippen molar-refractivity contribution < 1.29 is 19.0 Å². The van der Waals surface area contributed by atoms with Gasteiger partial charge in [-0.2, -0.15) is 9.48 Å². The summed E-state index contributed by atoms with van der Waals surface area (Å²) in [7, 11) is 3.06. The third-order valence-electron chi connectivity index (χ3n) is 4.16. The van der Waals surface area contributed by atoms with Crippen LogP contribution in [0.3, 0.4) is 0 Å². The van der Waals surface area contributed by atoms with E-state index in [0.29, 0.717) is 29.7 Å². The van der Waals surface area contributed by atoms with Crippen LogP contribution >= 0.6 is 11.8 Å². The molecule has 0 aliphatic carbocycles. The summed E-state index contributed by atoms with van der Waals surface area (Å²) in [6.07, 6.45) is 3.44. The average Bonchev–Trinajstić information content (AvgIpc) is 2.65. The molecule has 0 aromatic carbocycles. The highest BCUT2D eigenvalue weighted by Crippen LogP contribution is 2.25. The number of aliphatic imine (C=N–C) groups is 2. The van der Waals surface area contributed by atoms with E-state index in [1.54, 1.807) is 7.05 Å². The predicted molar refractivity (Wildman–Crippen MR) is 103 cm³/mol. The minimum Gasteiger partial charge on any atom is -0.355 e. The summed E-state index contributed by atoms with van der Waals surface area (Å²) in [4.78, 5) is 46.9. The second kappa shape index (κ2) is 9.07. The molecule has 0 fully saturated rings. The lowest BCUT2D eigenvalue weighted by Gasteiger charge is -2.26. The lowest BCUT2D eigenvalue weighted by Crippen LogP contribution is -2.54. The summed E-state index contributed by atoms with van der Waals surface area (Å²) in [6.45, 7) is 4.68. The monoisotopic (exact) mass is 380 g/mol. The van der Waals surface area contributed by atoms with Crippen LogP contribution in [0.1, 0.15) is 39.5 Å². The molecule has 0 bridgehead atoms. The van der Waals surface area contributed by atoms with E-state index in [2.05, 4.69) is 22.2 Å². The summed E-state index contributed by atoms with van der Waals surface area (Å²) in [5.41, 5.74) is 0. The van der Waals surface area contributed by atoms with Gasteiger partial charge in [0.1, 0.15) is 5.04 Å². The Hall–Kier alpha value is -2.03. The molecule has 0 radical (unpaired) electrons. The number of amidine groups is 2. The largest absolute Gasteiger partial charge is 0.445 e. The number of hydrogen-bond acceptors (Lipinski definition) is 6. The Morgan fingerprint density at radius 2 is 2.00 bits per heavy atom. The van der Waals surface area contributed by atoms with Crippen molar-refractivity contribution in [1.82, 2.24) is 10.2 Å². The van der Waals surface area contributed by atoms with Crippen LogP contribution in [0.2, 0.25) is 0 Å². The number of thioether (sulfide) groups is 1. The van der Waals surface area contributed by atoms with Crippen molar-refractivity contribution in [3.05, 3.63) is 0 Å². The molecular formula is C17H26N5O3S+. The van der Waals surface area contributed by atoms with Crippen molar-refractivity contribution in [3.8, 4) is 0 Å². The van der Waals surface area contributed by atoms with Crippen LogP contribution in [-0.4, -0.2) is 70.4 Å². The molecule has 1 unspecified atom stereocenters. The first-order valence-electron chi connectivity index (χ1n) is 8.88. The molecule has 8 nitrogen and oxygen atoms in total. The zero-order valence-electron chi connectivity index (χ0n) is 15.7. The number of unbranched alkanes of at least 4 members (excludes halogenated alkanes) is 1. The van der Waals surface area contributed by atoms with Crippen molar-refractivity contribution in [2.45, 2.75) is 39.5 Å². The Morgan fingerprint density at radius 1 is 1.27 bits per heavy atom. The third-order valence-corrected chi connectivity index (χ3v) is 5.19. The number of imide groups is 1. The van der Waals surface area contributed by atoms with Gasteiger partial charge in [0.05, 0.1) is 19.8 Å². The number of urea groups is 1. The van der Waals surface area contributed by atoms with Gasteiger partial charge in [-0.05, 0) is 12.8 Å². The number of nitrogens with one attached hydrogen (secondary N) is 1. The van der Waals surface area contributed by atoms with Crippen molar-refractivity contribution in [2.24, 2.45) is 15.9 Å². The summed E-state index contributed by atoms with van der Waals surface area (Å²) in [6, 6.07) is -0.410. The first kappa shape index (κ1) is 20.3. The van der Waals surface area contributed by atoms with Gasteiger partial charge in [0.2, 0.25) is 11.7 Å². The highest BCUT2D eigenvalue weighted by atomic mass is 32.2. The van der Waals surface area contributed by atoms with Crippen LogP contribution < -0.4 is 5.32 Å². The van der Waals surface area contributed by atoms with Crippen LogP contribution in [-0.2, 0) is 9.59 Å². The smallest absolute Gasteiger partial charge is 0.355 e. The van der Waals surface area contributed by atoms with Crippen LogP contribution in [0.25, 0.3) is 0 Å². The maximum Gasteiger partial charge on any atom is 0.445 e. The molecule has 142 valence electrons. The molecule has 0 saturated heterocycles. The van der Waals surface area contributed by atoms with Gasteiger partial charge < -0.3 is 5.32 Å². The fourth-order valence-electron chi connectivity index (χ4n) is 2.64. The van der Waals surface area contributed by atoms with E-state index in [1.807, 2.05) is 6.92 Å². The zero-order chi connectivity index (χ0) is 19.3. The molecule has 2 rings (SSSR count). The van der Waals surface area contributed by atoms with E-state index < -0.39 is 11.9 Å². The number of carbonyl (C=O) groups is 3. The first-order valence-corrected chi connectivity index (χ1v) is 9.86. The summed E-state index contributed by atoms with van der Waals surface area (Å²) in [5, 5.41) is 3.35. The van der Waals surface area contributed by atoms with Crippen molar-refractivity contribution in [1.29, 1.82) is 0 Å². The van der Waals surface area contributed by atoms with E-state index in [0.717, 1.165) is 24.2 Å². The Morgan fingerprint density at radius 3 is 2.65 bits per heavy atom. The normalized spacial score (nSPS) is 20.0. The molecule has 0 aromatic heterocycles. The maximum absolute atomic E-state index is 12.7. The van der Waals surface area contributed by atoms with Gasteiger partial charge in [-0.25, -0.2) is 9.79 Å². The van der Waals surface area contributed by atoms with Gasteiger partial charge in [0.15, 0.2) is 5.92 Å². The van der Waals surface area contributed by atoms with Gasteiger partial charge in [-0.15, -0.1) is 0 Å². The average molecular weight is 380 g/mol. The lowest BCUT2D eigenvalue weighted by atomic mass is 10.0. The molecule has 2 aliphatic heterocycles. The molecule has 0 saturated carbocycles. The van der Waals surface area contributed by atoms with Crippen molar-refractivity contribution in [2.75, 3.05) is 26.4 Å². The van der Waals surface area contributed by atoms with E-state index in [4.69, 9.17) is 0 Å². The molecule has 1 N–H and O–H groups in total. The Bertz CT molecular complexity index is 699. The number of amides is 4. The van der Waals surface area contributed by atoms with E-state index in [-0.39, 0.29) is 17.6 Å². The highest BCUT2D eigenvalue weighted by Gasteiger charge is 2.49. The van der Waals surface area contributed by atoms with Gasteiger partial charge >= 0.3 is 11.9 Å².